The summed E-state index contributed by atoms with van der Waals surface area (Å²) in [4.78, 5) is 14.8. The molecule has 0 unspecified atom stereocenters. The van der Waals surface area contributed by atoms with E-state index in [0.717, 1.165) is 49.0 Å². The minimum absolute atomic E-state index is 0.166. The number of amides is 1. The van der Waals surface area contributed by atoms with Crippen molar-refractivity contribution >= 4 is 29.3 Å². The lowest BCUT2D eigenvalue weighted by atomic mass is 10.2. The summed E-state index contributed by atoms with van der Waals surface area (Å²) in [5.74, 6) is 1.01. The maximum Gasteiger partial charge on any atom is 0.235 e. The highest BCUT2D eigenvalue weighted by molar-refractivity contribution is 8.00. The van der Waals surface area contributed by atoms with Crippen LogP contribution in [0, 0.1) is 0 Å². The number of rotatable bonds is 5. The molecule has 1 amide bonds. The zero-order chi connectivity index (χ0) is 18.5. The van der Waals surface area contributed by atoms with Crippen LogP contribution in [0.25, 0.3) is 11.4 Å². The SMILES string of the molecule is CCn1c(S[C@H](C)C(=O)N2CCCCCC2)nnc1-c1ccc(Cl)cc1. The van der Waals surface area contributed by atoms with Gasteiger partial charge in [-0.3, -0.25) is 4.79 Å². The fourth-order valence-electron chi connectivity index (χ4n) is 3.23. The molecule has 0 N–H and O–H groups in total. The fourth-order valence-corrected chi connectivity index (χ4v) is 4.35. The van der Waals surface area contributed by atoms with Crippen molar-refractivity contribution in [3.05, 3.63) is 29.3 Å². The van der Waals surface area contributed by atoms with Gasteiger partial charge >= 0.3 is 0 Å². The maximum atomic E-state index is 12.8. The molecule has 5 nitrogen and oxygen atoms in total. The zero-order valence-corrected chi connectivity index (χ0v) is 16.9. The molecule has 2 heterocycles. The predicted octanol–water partition coefficient (Wildman–Crippen LogP) is 4.50. The van der Waals surface area contributed by atoms with E-state index in [1.54, 1.807) is 0 Å². The number of aromatic nitrogens is 3. The Labute approximate surface area is 164 Å². The molecule has 0 aliphatic carbocycles. The summed E-state index contributed by atoms with van der Waals surface area (Å²) < 4.78 is 2.06. The number of thioether (sulfide) groups is 1. The number of hydrogen-bond acceptors (Lipinski definition) is 4. The van der Waals surface area contributed by atoms with Gasteiger partial charge in [0.05, 0.1) is 5.25 Å². The van der Waals surface area contributed by atoms with Gasteiger partial charge in [0.2, 0.25) is 5.91 Å². The average molecular weight is 393 g/mol. The summed E-state index contributed by atoms with van der Waals surface area (Å²) in [5, 5.41) is 10.0. The molecular weight excluding hydrogens is 368 g/mol. The van der Waals surface area contributed by atoms with E-state index in [4.69, 9.17) is 11.6 Å². The molecule has 7 heteroatoms. The molecule has 0 spiro atoms. The monoisotopic (exact) mass is 392 g/mol. The van der Waals surface area contributed by atoms with Crippen molar-refractivity contribution in [2.75, 3.05) is 13.1 Å². The predicted molar refractivity (Wildman–Crippen MR) is 107 cm³/mol. The topological polar surface area (TPSA) is 51.0 Å². The lowest BCUT2D eigenvalue weighted by molar-refractivity contribution is -0.130. The Hall–Kier alpha value is -1.53. The lowest BCUT2D eigenvalue weighted by Gasteiger charge is -2.23. The molecule has 3 rings (SSSR count). The Morgan fingerprint density at radius 2 is 1.81 bits per heavy atom. The van der Waals surface area contributed by atoms with Gasteiger partial charge in [0, 0.05) is 30.2 Å². The second kappa shape index (κ2) is 8.91. The Morgan fingerprint density at radius 1 is 1.15 bits per heavy atom. The highest BCUT2D eigenvalue weighted by atomic mass is 35.5. The molecule has 1 fully saturated rings. The Bertz CT molecular complexity index is 738. The van der Waals surface area contributed by atoms with Crippen LogP contribution in [0.5, 0.6) is 0 Å². The van der Waals surface area contributed by atoms with Crippen LogP contribution < -0.4 is 0 Å². The van der Waals surface area contributed by atoms with Crippen LogP contribution in [0.2, 0.25) is 5.02 Å². The van der Waals surface area contributed by atoms with Gasteiger partial charge in [-0.15, -0.1) is 10.2 Å². The van der Waals surface area contributed by atoms with Crippen LogP contribution in [0.3, 0.4) is 0 Å². The van der Waals surface area contributed by atoms with Gasteiger partial charge in [-0.05, 0) is 51.0 Å². The first-order valence-electron chi connectivity index (χ1n) is 9.24. The molecule has 1 aromatic heterocycles. The van der Waals surface area contributed by atoms with Gasteiger partial charge in [-0.2, -0.15) is 0 Å². The molecule has 1 saturated heterocycles. The summed E-state index contributed by atoms with van der Waals surface area (Å²) in [6.45, 7) is 6.53. The van der Waals surface area contributed by atoms with E-state index < -0.39 is 0 Å². The van der Waals surface area contributed by atoms with Gasteiger partial charge < -0.3 is 9.47 Å². The molecule has 1 aliphatic heterocycles. The second-order valence-electron chi connectivity index (χ2n) is 6.56. The third-order valence-electron chi connectivity index (χ3n) is 4.68. The molecule has 0 saturated carbocycles. The van der Waals surface area contributed by atoms with E-state index >= 15 is 0 Å². The number of carbonyl (C=O) groups excluding carboxylic acids is 1. The van der Waals surface area contributed by atoms with Crippen molar-refractivity contribution in [2.45, 2.75) is 56.5 Å². The van der Waals surface area contributed by atoms with E-state index in [2.05, 4.69) is 21.7 Å². The molecule has 0 bridgehead atoms. The van der Waals surface area contributed by atoms with E-state index in [1.165, 1.54) is 24.6 Å². The Balaban J connectivity index is 1.74. The second-order valence-corrected chi connectivity index (χ2v) is 8.30. The van der Waals surface area contributed by atoms with Gasteiger partial charge in [-0.1, -0.05) is 36.2 Å². The van der Waals surface area contributed by atoms with Crippen molar-refractivity contribution < 1.29 is 4.79 Å². The fraction of sp³-hybridized carbons (Fsp3) is 0.526. The molecule has 26 heavy (non-hydrogen) atoms. The summed E-state index contributed by atoms with van der Waals surface area (Å²) in [6, 6.07) is 7.59. The van der Waals surface area contributed by atoms with Crippen LogP contribution in [0.15, 0.2) is 29.4 Å². The van der Waals surface area contributed by atoms with Crippen molar-refractivity contribution in [2.24, 2.45) is 0 Å². The highest BCUT2D eigenvalue weighted by Crippen LogP contribution is 2.28. The zero-order valence-electron chi connectivity index (χ0n) is 15.3. The summed E-state index contributed by atoms with van der Waals surface area (Å²) in [6.07, 6.45) is 4.66. The minimum atomic E-state index is -0.166. The lowest BCUT2D eigenvalue weighted by Crippen LogP contribution is -2.37. The van der Waals surface area contributed by atoms with Crippen LogP contribution >= 0.6 is 23.4 Å². The number of nitrogens with zero attached hydrogens (tertiary/aromatic N) is 4. The molecule has 140 valence electrons. The summed E-state index contributed by atoms with van der Waals surface area (Å²) in [5.41, 5.74) is 0.974. The molecule has 2 aromatic rings. The van der Waals surface area contributed by atoms with Crippen molar-refractivity contribution in [3.8, 4) is 11.4 Å². The van der Waals surface area contributed by atoms with Crippen molar-refractivity contribution in [1.82, 2.24) is 19.7 Å². The van der Waals surface area contributed by atoms with E-state index in [0.29, 0.717) is 5.02 Å². The summed E-state index contributed by atoms with van der Waals surface area (Å²) in [7, 11) is 0. The number of carbonyl (C=O) groups is 1. The number of halogens is 1. The van der Waals surface area contributed by atoms with Gasteiger partial charge in [0.25, 0.3) is 0 Å². The minimum Gasteiger partial charge on any atom is -0.342 e. The van der Waals surface area contributed by atoms with Crippen LogP contribution in [0.4, 0.5) is 0 Å². The summed E-state index contributed by atoms with van der Waals surface area (Å²) >= 11 is 7.47. The largest absolute Gasteiger partial charge is 0.342 e. The van der Waals surface area contributed by atoms with Crippen LogP contribution in [-0.4, -0.2) is 43.9 Å². The van der Waals surface area contributed by atoms with Gasteiger partial charge in [0.1, 0.15) is 0 Å². The molecule has 1 aromatic carbocycles. The van der Waals surface area contributed by atoms with Crippen molar-refractivity contribution in [1.29, 1.82) is 0 Å². The Kier molecular flexibility index (Phi) is 6.59. The number of likely N-dealkylation sites (tertiary alicyclic amines) is 1. The van der Waals surface area contributed by atoms with Crippen LogP contribution in [0.1, 0.15) is 39.5 Å². The first kappa shape index (κ1) is 19.2. The number of benzene rings is 1. The third kappa shape index (κ3) is 4.41. The quantitative estimate of drug-likeness (QED) is 0.703. The normalized spacial score (nSPS) is 16.3. The van der Waals surface area contributed by atoms with Crippen LogP contribution in [-0.2, 0) is 11.3 Å². The molecule has 1 aliphatic rings. The van der Waals surface area contributed by atoms with Crippen molar-refractivity contribution in [3.63, 3.8) is 0 Å². The van der Waals surface area contributed by atoms with E-state index in [1.807, 2.05) is 36.1 Å². The molecule has 1 atom stereocenters. The smallest absolute Gasteiger partial charge is 0.235 e. The molecular formula is C19H25ClN4OS. The average Bonchev–Trinajstić information content (AvgIpc) is 2.86. The van der Waals surface area contributed by atoms with E-state index in [-0.39, 0.29) is 11.2 Å². The first-order chi connectivity index (χ1) is 12.6. The van der Waals surface area contributed by atoms with E-state index in [9.17, 15) is 4.79 Å². The first-order valence-corrected chi connectivity index (χ1v) is 10.5. The third-order valence-corrected chi connectivity index (χ3v) is 6.00. The highest BCUT2D eigenvalue weighted by Gasteiger charge is 2.25. The number of hydrogen-bond donors (Lipinski definition) is 0. The maximum absolute atomic E-state index is 12.8. The molecule has 0 radical (unpaired) electrons. The van der Waals surface area contributed by atoms with Gasteiger partial charge in [0.15, 0.2) is 11.0 Å². The van der Waals surface area contributed by atoms with Gasteiger partial charge in [-0.25, -0.2) is 0 Å². The Morgan fingerprint density at radius 3 is 2.42 bits per heavy atom. The standard InChI is InChI=1S/C19H25ClN4OS/c1-3-24-17(15-8-10-16(20)11-9-15)21-22-19(24)26-14(2)18(25)23-12-6-4-5-7-13-23/h8-11,14H,3-7,12-13H2,1-2H3/t14-/m1/s1.